The number of amides is 1. The summed E-state index contributed by atoms with van der Waals surface area (Å²) in [4.78, 5) is 14.8. The molecule has 3 rings (SSSR count). The summed E-state index contributed by atoms with van der Waals surface area (Å²) < 4.78 is 12.1. The lowest BCUT2D eigenvalue weighted by atomic mass is 10.1. The molecule has 1 aliphatic heterocycles. The van der Waals surface area contributed by atoms with Crippen molar-refractivity contribution in [2.75, 3.05) is 38.7 Å². The zero-order chi connectivity index (χ0) is 22.2. The van der Waals surface area contributed by atoms with Crippen molar-refractivity contribution in [2.45, 2.75) is 39.3 Å². The van der Waals surface area contributed by atoms with Crippen molar-refractivity contribution in [1.82, 2.24) is 10.2 Å². The molecule has 1 amide bonds. The number of methoxy groups -OCH3 is 1. The second kappa shape index (κ2) is 11.5. The third kappa shape index (κ3) is 6.69. The molecule has 7 heteroatoms. The maximum Gasteiger partial charge on any atom is 0.262 e. The molecule has 0 bridgehead atoms. The van der Waals surface area contributed by atoms with Crippen LogP contribution in [-0.4, -0.2) is 50.2 Å². The number of anilines is 1. The lowest BCUT2D eigenvalue weighted by Crippen LogP contribution is -2.37. The van der Waals surface area contributed by atoms with Crippen LogP contribution in [-0.2, 0) is 11.3 Å². The van der Waals surface area contributed by atoms with Gasteiger partial charge in [-0.05, 0) is 78.6 Å². The lowest BCUT2D eigenvalue weighted by molar-refractivity contribution is -0.118. The fraction of sp³-hybridized carbons (Fsp3) is 0.458. The van der Waals surface area contributed by atoms with E-state index in [1.54, 1.807) is 7.11 Å². The first-order valence-corrected chi connectivity index (χ1v) is 11.6. The molecule has 2 aromatic rings. The Morgan fingerprint density at radius 1 is 1.26 bits per heavy atom. The SMILES string of the molecule is CCN1CCC[C@H]1CNCc1cc(Br)c(OCC(=O)Nc2ccc(C)cc2)c(OC)c1. The Hall–Kier alpha value is -2.09. The third-order valence-electron chi connectivity index (χ3n) is 5.59. The maximum atomic E-state index is 12.3. The smallest absolute Gasteiger partial charge is 0.262 e. The predicted octanol–water partition coefficient (Wildman–Crippen LogP) is 4.36. The van der Waals surface area contributed by atoms with Crippen LogP contribution in [0.25, 0.3) is 0 Å². The molecule has 168 valence electrons. The molecule has 0 radical (unpaired) electrons. The molecule has 1 atom stereocenters. The van der Waals surface area contributed by atoms with E-state index in [9.17, 15) is 4.79 Å². The summed E-state index contributed by atoms with van der Waals surface area (Å²) in [5.41, 5.74) is 2.99. The van der Waals surface area contributed by atoms with Crippen molar-refractivity contribution < 1.29 is 14.3 Å². The second-order valence-electron chi connectivity index (χ2n) is 7.87. The first-order valence-electron chi connectivity index (χ1n) is 10.8. The number of benzene rings is 2. The van der Waals surface area contributed by atoms with Gasteiger partial charge < -0.3 is 20.1 Å². The number of nitrogens with one attached hydrogen (secondary N) is 2. The summed E-state index contributed by atoms with van der Waals surface area (Å²) >= 11 is 3.57. The van der Waals surface area contributed by atoms with Crippen LogP contribution in [0.15, 0.2) is 40.9 Å². The second-order valence-corrected chi connectivity index (χ2v) is 8.72. The molecule has 1 aliphatic rings. The van der Waals surface area contributed by atoms with Crippen LogP contribution in [0.2, 0.25) is 0 Å². The summed E-state index contributed by atoms with van der Waals surface area (Å²) in [6, 6.07) is 12.2. The van der Waals surface area contributed by atoms with Gasteiger partial charge in [-0.15, -0.1) is 0 Å². The number of ether oxygens (including phenoxy) is 2. The van der Waals surface area contributed by atoms with Gasteiger partial charge >= 0.3 is 0 Å². The highest BCUT2D eigenvalue weighted by atomic mass is 79.9. The van der Waals surface area contributed by atoms with Crippen molar-refractivity contribution >= 4 is 27.5 Å². The first-order chi connectivity index (χ1) is 15.0. The normalized spacial score (nSPS) is 16.3. The maximum absolute atomic E-state index is 12.3. The number of carbonyl (C=O) groups excluding carboxylic acids is 1. The molecule has 0 spiro atoms. The van der Waals surface area contributed by atoms with Crippen LogP contribution in [0.4, 0.5) is 5.69 Å². The molecule has 1 heterocycles. The Bertz CT molecular complexity index is 873. The number of likely N-dealkylation sites (N-methyl/N-ethyl adjacent to an activating group) is 1. The van der Waals surface area contributed by atoms with E-state index < -0.39 is 0 Å². The first kappa shape index (κ1) is 23.6. The van der Waals surface area contributed by atoms with Gasteiger partial charge in [0.25, 0.3) is 5.91 Å². The molecule has 2 aromatic carbocycles. The predicted molar refractivity (Wildman–Crippen MR) is 128 cm³/mol. The van der Waals surface area contributed by atoms with E-state index in [0.717, 1.165) is 40.9 Å². The molecule has 1 saturated heterocycles. The van der Waals surface area contributed by atoms with Gasteiger partial charge in [0.05, 0.1) is 11.6 Å². The van der Waals surface area contributed by atoms with Crippen LogP contribution in [0.1, 0.15) is 30.9 Å². The van der Waals surface area contributed by atoms with Gasteiger partial charge in [0.15, 0.2) is 18.1 Å². The van der Waals surface area contributed by atoms with Gasteiger partial charge in [-0.3, -0.25) is 9.69 Å². The standard InChI is InChI=1S/C24H32BrN3O3/c1-4-28-11-5-6-20(28)15-26-14-18-12-21(25)24(22(13-18)30-3)31-16-23(29)27-19-9-7-17(2)8-10-19/h7-10,12-13,20,26H,4-6,11,14-16H2,1-3H3,(H,27,29)/t20-/m0/s1. The largest absolute Gasteiger partial charge is 0.493 e. The van der Waals surface area contributed by atoms with E-state index in [1.165, 1.54) is 19.4 Å². The minimum Gasteiger partial charge on any atom is -0.493 e. The summed E-state index contributed by atoms with van der Waals surface area (Å²) in [6.45, 7) is 8.16. The quantitative estimate of drug-likeness (QED) is 0.519. The number of nitrogens with zero attached hydrogens (tertiary/aromatic N) is 1. The topological polar surface area (TPSA) is 62.8 Å². The Morgan fingerprint density at radius 2 is 2.03 bits per heavy atom. The lowest BCUT2D eigenvalue weighted by Gasteiger charge is -2.23. The average molecular weight is 490 g/mol. The number of hydrogen-bond donors (Lipinski definition) is 2. The number of hydrogen-bond acceptors (Lipinski definition) is 5. The molecule has 31 heavy (non-hydrogen) atoms. The van der Waals surface area contributed by atoms with Crippen molar-refractivity contribution in [2.24, 2.45) is 0 Å². The van der Waals surface area contributed by atoms with Crippen molar-refractivity contribution in [1.29, 1.82) is 0 Å². The monoisotopic (exact) mass is 489 g/mol. The van der Waals surface area contributed by atoms with Crippen LogP contribution in [0.5, 0.6) is 11.5 Å². The van der Waals surface area contributed by atoms with Crippen molar-refractivity contribution in [3.8, 4) is 11.5 Å². The van der Waals surface area contributed by atoms with E-state index in [4.69, 9.17) is 9.47 Å². The molecular weight excluding hydrogens is 458 g/mol. The van der Waals surface area contributed by atoms with Gasteiger partial charge in [0.2, 0.25) is 0 Å². The van der Waals surface area contributed by atoms with E-state index in [2.05, 4.69) is 38.4 Å². The Labute approximate surface area is 193 Å². The van der Waals surface area contributed by atoms with Crippen molar-refractivity contribution in [3.05, 3.63) is 52.0 Å². The summed E-state index contributed by atoms with van der Waals surface area (Å²) in [7, 11) is 1.61. The number of carbonyl (C=O) groups is 1. The summed E-state index contributed by atoms with van der Waals surface area (Å²) in [6.07, 6.45) is 2.54. The van der Waals surface area contributed by atoms with Gasteiger partial charge in [-0.25, -0.2) is 0 Å². The number of rotatable bonds is 10. The van der Waals surface area contributed by atoms with E-state index in [1.807, 2.05) is 43.3 Å². The van der Waals surface area contributed by atoms with Gasteiger partial charge in [0, 0.05) is 24.8 Å². The number of halogens is 1. The van der Waals surface area contributed by atoms with Crippen LogP contribution in [0.3, 0.4) is 0 Å². The molecule has 0 unspecified atom stereocenters. The Morgan fingerprint density at radius 3 is 2.74 bits per heavy atom. The molecule has 0 saturated carbocycles. The van der Waals surface area contributed by atoms with E-state index in [0.29, 0.717) is 17.5 Å². The molecule has 1 fully saturated rings. The summed E-state index contributed by atoms with van der Waals surface area (Å²) in [5, 5.41) is 6.40. The highest BCUT2D eigenvalue weighted by molar-refractivity contribution is 9.10. The van der Waals surface area contributed by atoms with Gasteiger partial charge in [-0.2, -0.15) is 0 Å². The minimum atomic E-state index is -0.222. The molecule has 2 N–H and O–H groups in total. The minimum absolute atomic E-state index is 0.102. The van der Waals surface area contributed by atoms with Gasteiger partial charge in [-0.1, -0.05) is 24.6 Å². The van der Waals surface area contributed by atoms with Crippen LogP contribution >= 0.6 is 15.9 Å². The van der Waals surface area contributed by atoms with E-state index in [-0.39, 0.29) is 12.5 Å². The number of aryl methyl sites for hydroxylation is 1. The van der Waals surface area contributed by atoms with Crippen molar-refractivity contribution in [3.63, 3.8) is 0 Å². The third-order valence-corrected chi connectivity index (χ3v) is 6.18. The summed E-state index contributed by atoms with van der Waals surface area (Å²) in [5.74, 6) is 0.907. The fourth-order valence-corrected chi connectivity index (χ4v) is 4.52. The average Bonchev–Trinajstić information content (AvgIpc) is 3.21. The Balaban J connectivity index is 1.54. The zero-order valence-electron chi connectivity index (χ0n) is 18.5. The highest BCUT2D eigenvalue weighted by Gasteiger charge is 2.22. The molecular formula is C24H32BrN3O3. The zero-order valence-corrected chi connectivity index (χ0v) is 20.1. The Kier molecular flexibility index (Phi) is 8.75. The van der Waals surface area contributed by atoms with E-state index >= 15 is 0 Å². The highest BCUT2D eigenvalue weighted by Crippen LogP contribution is 2.36. The van der Waals surface area contributed by atoms with Gasteiger partial charge in [0.1, 0.15) is 0 Å². The van der Waals surface area contributed by atoms with Crippen LogP contribution in [0, 0.1) is 6.92 Å². The fourth-order valence-electron chi connectivity index (χ4n) is 3.91. The molecule has 6 nitrogen and oxygen atoms in total. The number of likely N-dealkylation sites (tertiary alicyclic amines) is 1. The molecule has 0 aliphatic carbocycles. The van der Waals surface area contributed by atoms with Crippen LogP contribution < -0.4 is 20.1 Å². The molecule has 0 aromatic heterocycles.